The van der Waals surface area contributed by atoms with Crippen molar-refractivity contribution in [2.45, 2.75) is 31.6 Å². The van der Waals surface area contributed by atoms with E-state index in [1.165, 1.54) is 17.8 Å². The minimum atomic E-state index is -0.886. The van der Waals surface area contributed by atoms with Gasteiger partial charge in [0, 0.05) is 4.90 Å². The van der Waals surface area contributed by atoms with Crippen LogP contribution in [0.3, 0.4) is 0 Å². The Hall–Kier alpha value is -0.770. The molecular weight excluding hydrogens is 230 g/mol. The molecule has 0 radical (unpaired) electrons. The van der Waals surface area contributed by atoms with E-state index in [1.54, 1.807) is 13.0 Å². The third-order valence-electron chi connectivity index (χ3n) is 2.07. The average Bonchev–Trinajstić information content (AvgIpc) is 2.28. The lowest BCUT2D eigenvalue weighted by Gasteiger charge is -2.08. The van der Waals surface area contributed by atoms with Gasteiger partial charge < -0.3 is 4.74 Å². The molecule has 0 atom stereocenters. The Morgan fingerprint density at radius 1 is 1.19 bits per heavy atom. The quantitative estimate of drug-likeness (QED) is 0.548. The van der Waals surface area contributed by atoms with Crippen molar-refractivity contribution in [2.24, 2.45) is 0 Å². The zero-order valence-corrected chi connectivity index (χ0v) is 10.4. The van der Waals surface area contributed by atoms with E-state index in [4.69, 9.17) is 4.74 Å². The second-order valence-electron chi connectivity index (χ2n) is 3.32. The van der Waals surface area contributed by atoms with Crippen LogP contribution in [0.1, 0.15) is 26.7 Å². The van der Waals surface area contributed by atoms with Gasteiger partial charge in [0.25, 0.3) is 0 Å². The number of halogens is 2. The molecule has 0 N–H and O–H groups in total. The normalized spacial score (nSPS) is 10.5. The van der Waals surface area contributed by atoms with E-state index < -0.39 is 11.6 Å². The fourth-order valence-corrected chi connectivity index (χ4v) is 2.25. The molecule has 0 aliphatic rings. The molecule has 0 aliphatic heterocycles. The Morgan fingerprint density at radius 3 is 2.56 bits per heavy atom. The summed E-state index contributed by atoms with van der Waals surface area (Å²) in [6.45, 7) is 4.13. The van der Waals surface area contributed by atoms with Gasteiger partial charge in [-0.15, -0.1) is 11.8 Å². The van der Waals surface area contributed by atoms with Crippen molar-refractivity contribution in [3.8, 4) is 5.75 Å². The maximum absolute atomic E-state index is 13.5. The molecule has 1 aromatic rings. The van der Waals surface area contributed by atoms with Gasteiger partial charge in [-0.3, -0.25) is 0 Å². The third kappa shape index (κ3) is 3.37. The smallest absolute Gasteiger partial charge is 0.201 e. The van der Waals surface area contributed by atoms with E-state index in [0.29, 0.717) is 11.5 Å². The minimum Gasteiger partial charge on any atom is -0.491 e. The highest BCUT2D eigenvalue weighted by Crippen LogP contribution is 2.29. The molecular formula is C12H16F2OS. The van der Waals surface area contributed by atoms with Gasteiger partial charge >= 0.3 is 0 Å². The summed E-state index contributed by atoms with van der Waals surface area (Å²) in [6, 6.07) is 3.06. The molecule has 0 aromatic heterocycles. The first-order valence-electron chi connectivity index (χ1n) is 5.44. The van der Waals surface area contributed by atoms with Crippen LogP contribution < -0.4 is 4.74 Å². The molecule has 16 heavy (non-hydrogen) atoms. The average molecular weight is 246 g/mol. The second kappa shape index (κ2) is 6.74. The second-order valence-corrected chi connectivity index (χ2v) is 4.46. The van der Waals surface area contributed by atoms with Crippen molar-refractivity contribution in [2.75, 3.05) is 12.4 Å². The highest BCUT2D eigenvalue weighted by molar-refractivity contribution is 7.99. The van der Waals surface area contributed by atoms with Crippen molar-refractivity contribution in [3.05, 3.63) is 23.8 Å². The van der Waals surface area contributed by atoms with Crippen molar-refractivity contribution < 1.29 is 13.5 Å². The molecule has 90 valence electrons. The first kappa shape index (κ1) is 13.3. The Morgan fingerprint density at radius 2 is 1.94 bits per heavy atom. The van der Waals surface area contributed by atoms with E-state index in [0.717, 1.165) is 18.6 Å². The molecule has 1 nitrogen and oxygen atoms in total. The summed E-state index contributed by atoms with van der Waals surface area (Å²) in [5.74, 6) is -0.892. The summed E-state index contributed by atoms with van der Waals surface area (Å²) >= 11 is 1.34. The van der Waals surface area contributed by atoms with Crippen molar-refractivity contribution in [3.63, 3.8) is 0 Å². The highest BCUT2D eigenvalue weighted by atomic mass is 32.2. The van der Waals surface area contributed by atoms with Crippen LogP contribution in [0.2, 0.25) is 0 Å². The fraction of sp³-hybridized carbons (Fsp3) is 0.500. The molecule has 0 fully saturated rings. The molecule has 0 aliphatic carbocycles. The van der Waals surface area contributed by atoms with E-state index in [-0.39, 0.29) is 5.75 Å². The molecule has 4 heteroatoms. The van der Waals surface area contributed by atoms with Crippen LogP contribution in [0.5, 0.6) is 5.75 Å². The monoisotopic (exact) mass is 246 g/mol. The molecule has 0 unspecified atom stereocenters. The fourth-order valence-electron chi connectivity index (χ4n) is 1.22. The lowest BCUT2D eigenvalue weighted by atomic mass is 10.3. The lowest BCUT2D eigenvalue weighted by molar-refractivity contribution is 0.312. The molecule has 0 saturated heterocycles. The van der Waals surface area contributed by atoms with Gasteiger partial charge in [0.1, 0.15) is 0 Å². The molecule has 0 bridgehead atoms. The summed E-state index contributed by atoms with van der Waals surface area (Å²) in [7, 11) is 0. The topological polar surface area (TPSA) is 9.23 Å². The van der Waals surface area contributed by atoms with Crippen LogP contribution in [0.4, 0.5) is 8.78 Å². The SMILES string of the molecule is CCCCSc1ccc(OCC)c(F)c1F. The van der Waals surface area contributed by atoms with Crippen LogP contribution in [0, 0.1) is 11.6 Å². The minimum absolute atomic E-state index is 0.0140. The van der Waals surface area contributed by atoms with E-state index >= 15 is 0 Å². The number of ether oxygens (including phenoxy) is 1. The number of unbranched alkanes of at least 4 members (excludes halogenated alkanes) is 1. The van der Waals surface area contributed by atoms with Crippen molar-refractivity contribution >= 4 is 11.8 Å². The van der Waals surface area contributed by atoms with Gasteiger partial charge in [-0.25, -0.2) is 4.39 Å². The van der Waals surface area contributed by atoms with Gasteiger partial charge in [-0.2, -0.15) is 4.39 Å². The van der Waals surface area contributed by atoms with Gasteiger partial charge in [0.15, 0.2) is 11.6 Å². The van der Waals surface area contributed by atoms with Crippen LogP contribution in [-0.2, 0) is 0 Å². The molecule has 0 saturated carbocycles. The third-order valence-corrected chi connectivity index (χ3v) is 3.19. The van der Waals surface area contributed by atoms with E-state index in [2.05, 4.69) is 6.92 Å². The van der Waals surface area contributed by atoms with Crippen LogP contribution in [0.15, 0.2) is 17.0 Å². The number of hydrogen-bond donors (Lipinski definition) is 0. The maximum Gasteiger partial charge on any atom is 0.201 e. The van der Waals surface area contributed by atoms with E-state index in [9.17, 15) is 8.78 Å². The zero-order chi connectivity index (χ0) is 12.0. The van der Waals surface area contributed by atoms with Gasteiger partial charge in [-0.1, -0.05) is 13.3 Å². The van der Waals surface area contributed by atoms with Crippen molar-refractivity contribution in [1.29, 1.82) is 0 Å². The first-order valence-corrected chi connectivity index (χ1v) is 6.42. The number of thioether (sulfide) groups is 1. The predicted octanol–water partition coefficient (Wildman–Crippen LogP) is 4.26. The standard InChI is InChI=1S/C12H16F2OS/c1-3-5-8-16-10-7-6-9(15-4-2)11(13)12(10)14/h6-7H,3-5,8H2,1-2H3. The number of hydrogen-bond acceptors (Lipinski definition) is 2. The Labute approximate surface area is 99.2 Å². The maximum atomic E-state index is 13.5. The summed E-state index contributed by atoms with van der Waals surface area (Å²) in [4.78, 5) is 0.356. The predicted molar refractivity (Wildman–Crippen MR) is 63.2 cm³/mol. The first-order chi connectivity index (χ1) is 7.70. The summed E-state index contributed by atoms with van der Waals surface area (Å²) < 4.78 is 32.0. The molecule has 1 aromatic carbocycles. The zero-order valence-electron chi connectivity index (χ0n) is 9.56. The molecule has 0 spiro atoms. The largest absolute Gasteiger partial charge is 0.491 e. The Kier molecular flexibility index (Phi) is 5.60. The molecule has 0 amide bonds. The Balaban J connectivity index is 2.76. The molecule has 1 rings (SSSR count). The highest BCUT2D eigenvalue weighted by Gasteiger charge is 2.14. The van der Waals surface area contributed by atoms with Crippen molar-refractivity contribution in [1.82, 2.24) is 0 Å². The van der Waals surface area contributed by atoms with Crippen LogP contribution in [-0.4, -0.2) is 12.4 Å². The van der Waals surface area contributed by atoms with E-state index in [1.807, 2.05) is 0 Å². The van der Waals surface area contributed by atoms with Crippen LogP contribution in [0.25, 0.3) is 0 Å². The van der Waals surface area contributed by atoms with Gasteiger partial charge in [0.2, 0.25) is 5.82 Å². The lowest BCUT2D eigenvalue weighted by Crippen LogP contribution is -1.98. The van der Waals surface area contributed by atoms with Gasteiger partial charge in [0.05, 0.1) is 6.61 Å². The summed E-state index contributed by atoms with van der Waals surface area (Å²) in [6.07, 6.45) is 2.05. The van der Waals surface area contributed by atoms with Gasteiger partial charge in [-0.05, 0) is 31.2 Å². The number of rotatable bonds is 6. The Bertz CT molecular complexity index is 342. The number of benzene rings is 1. The van der Waals surface area contributed by atoms with Crippen LogP contribution >= 0.6 is 11.8 Å². The summed E-state index contributed by atoms with van der Waals surface area (Å²) in [5, 5.41) is 0. The molecule has 0 heterocycles. The summed E-state index contributed by atoms with van der Waals surface area (Å²) in [5.41, 5.74) is 0.